The summed E-state index contributed by atoms with van der Waals surface area (Å²) in [5.41, 5.74) is 5.88. The van der Waals surface area contributed by atoms with Crippen molar-refractivity contribution in [3.05, 3.63) is 4.88 Å². The van der Waals surface area contributed by atoms with Gasteiger partial charge in [-0.25, -0.2) is 4.98 Å². The number of carbonyl (C=O) groups excluding carboxylic acids is 1. The maximum absolute atomic E-state index is 12.4. The third kappa shape index (κ3) is 3.87. The van der Waals surface area contributed by atoms with Gasteiger partial charge < -0.3 is 16.4 Å². The van der Waals surface area contributed by atoms with Crippen LogP contribution in [-0.2, 0) is 0 Å². The first kappa shape index (κ1) is 16.1. The van der Waals surface area contributed by atoms with Crippen LogP contribution in [0, 0.1) is 11.8 Å². The molecule has 0 spiro atoms. The second-order valence-electron chi connectivity index (χ2n) is 6.01. The molecule has 118 valence electrons. The van der Waals surface area contributed by atoms with Crippen molar-refractivity contribution in [1.82, 2.24) is 10.3 Å². The number of rotatable bonds is 5. The van der Waals surface area contributed by atoms with Crippen molar-refractivity contribution in [3.8, 4) is 0 Å². The van der Waals surface area contributed by atoms with E-state index >= 15 is 0 Å². The van der Waals surface area contributed by atoms with E-state index < -0.39 is 0 Å². The van der Waals surface area contributed by atoms with Crippen LogP contribution in [0.3, 0.4) is 0 Å². The first-order valence-electron chi connectivity index (χ1n) is 7.84. The van der Waals surface area contributed by atoms with Crippen LogP contribution in [0.25, 0.3) is 0 Å². The minimum atomic E-state index is -0.0829. The number of hydrogen-bond donors (Lipinski definition) is 3. The van der Waals surface area contributed by atoms with E-state index in [0.29, 0.717) is 22.5 Å². The van der Waals surface area contributed by atoms with E-state index in [4.69, 9.17) is 5.73 Å². The van der Waals surface area contributed by atoms with Gasteiger partial charge in [0.1, 0.15) is 10.7 Å². The summed E-state index contributed by atoms with van der Waals surface area (Å²) in [6.07, 6.45) is 4.49. The fraction of sp³-hybridized carbons (Fsp3) is 0.733. The lowest BCUT2D eigenvalue weighted by molar-refractivity contribution is 0.0896. The van der Waals surface area contributed by atoms with Crippen LogP contribution in [0.4, 0.5) is 10.9 Å². The van der Waals surface area contributed by atoms with Crippen LogP contribution in [0.15, 0.2) is 0 Å². The molecule has 0 radical (unpaired) electrons. The fourth-order valence-electron chi connectivity index (χ4n) is 2.82. The van der Waals surface area contributed by atoms with Crippen LogP contribution in [0.2, 0.25) is 0 Å². The monoisotopic (exact) mass is 310 g/mol. The maximum Gasteiger partial charge on any atom is 0.265 e. The number of nitrogens with two attached hydrogens (primary N) is 1. The predicted octanol–water partition coefficient (Wildman–Crippen LogP) is 3.10. The summed E-state index contributed by atoms with van der Waals surface area (Å²) < 4.78 is 0. The molecule has 3 atom stereocenters. The number of hydrogen-bond acceptors (Lipinski definition) is 5. The molecule has 1 fully saturated rings. The van der Waals surface area contributed by atoms with E-state index in [2.05, 4.69) is 36.4 Å². The molecule has 21 heavy (non-hydrogen) atoms. The number of nitrogen functional groups attached to an aromatic ring is 1. The lowest BCUT2D eigenvalue weighted by atomic mass is 9.78. The highest BCUT2D eigenvalue weighted by molar-refractivity contribution is 7.18. The standard InChI is InChI=1S/C15H26N4OS/c1-4-8-17-15-19-13(16)12(21-15)14(20)18-11-7-5-6-9(2)10(11)3/h9-11H,4-8,16H2,1-3H3,(H,17,19)(H,18,20). The van der Waals surface area contributed by atoms with Gasteiger partial charge in [0.05, 0.1) is 0 Å². The average molecular weight is 310 g/mol. The van der Waals surface area contributed by atoms with Gasteiger partial charge in [-0.1, -0.05) is 44.9 Å². The van der Waals surface area contributed by atoms with Crippen molar-refractivity contribution >= 4 is 28.2 Å². The van der Waals surface area contributed by atoms with Crippen LogP contribution in [0.1, 0.15) is 56.1 Å². The zero-order valence-electron chi connectivity index (χ0n) is 13.1. The topological polar surface area (TPSA) is 80.0 Å². The van der Waals surface area contributed by atoms with Gasteiger partial charge in [-0.2, -0.15) is 0 Å². The Morgan fingerprint density at radius 2 is 2.19 bits per heavy atom. The third-order valence-electron chi connectivity index (χ3n) is 4.41. The fourth-order valence-corrected chi connectivity index (χ4v) is 3.64. The molecule has 0 bridgehead atoms. The van der Waals surface area contributed by atoms with Gasteiger partial charge in [-0.15, -0.1) is 0 Å². The molecule has 6 heteroatoms. The van der Waals surface area contributed by atoms with Crippen molar-refractivity contribution in [1.29, 1.82) is 0 Å². The number of amides is 1. The molecule has 1 aliphatic rings. The number of anilines is 2. The molecule has 5 nitrogen and oxygen atoms in total. The molecule has 1 amide bonds. The summed E-state index contributed by atoms with van der Waals surface area (Å²) >= 11 is 1.34. The largest absolute Gasteiger partial charge is 0.382 e. The van der Waals surface area contributed by atoms with Gasteiger partial charge in [-0.05, 0) is 24.7 Å². The van der Waals surface area contributed by atoms with E-state index in [1.807, 2.05) is 0 Å². The Hall–Kier alpha value is -1.30. The SMILES string of the molecule is CCCNc1nc(N)c(C(=O)NC2CCCC(C)C2C)s1. The Morgan fingerprint density at radius 1 is 1.43 bits per heavy atom. The molecular formula is C15H26N4OS. The number of carbonyl (C=O) groups is 1. The second kappa shape index (κ2) is 7.11. The van der Waals surface area contributed by atoms with E-state index in [-0.39, 0.29) is 11.9 Å². The van der Waals surface area contributed by atoms with E-state index in [9.17, 15) is 4.79 Å². The summed E-state index contributed by atoms with van der Waals surface area (Å²) in [4.78, 5) is 17.2. The van der Waals surface area contributed by atoms with Gasteiger partial charge in [0.25, 0.3) is 5.91 Å². The second-order valence-corrected chi connectivity index (χ2v) is 7.01. The number of nitrogens with zero attached hydrogens (tertiary/aromatic N) is 1. The molecule has 1 saturated carbocycles. The van der Waals surface area contributed by atoms with Crippen molar-refractivity contribution in [2.75, 3.05) is 17.6 Å². The molecule has 1 aliphatic carbocycles. The normalized spacial score (nSPS) is 25.6. The van der Waals surface area contributed by atoms with Gasteiger partial charge in [0.2, 0.25) is 0 Å². The van der Waals surface area contributed by atoms with Crippen molar-refractivity contribution in [2.24, 2.45) is 11.8 Å². The van der Waals surface area contributed by atoms with Crippen molar-refractivity contribution < 1.29 is 4.79 Å². The van der Waals surface area contributed by atoms with Gasteiger partial charge in [0.15, 0.2) is 5.13 Å². The molecule has 0 aliphatic heterocycles. The van der Waals surface area contributed by atoms with E-state index in [0.717, 1.165) is 24.5 Å². The average Bonchev–Trinajstić information content (AvgIpc) is 2.83. The lowest BCUT2D eigenvalue weighted by Crippen LogP contribution is -2.43. The highest BCUT2D eigenvalue weighted by Gasteiger charge is 2.29. The smallest absolute Gasteiger partial charge is 0.265 e. The zero-order valence-corrected chi connectivity index (χ0v) is 13.9. The summed E-state index contributed by atoms with van der Waals surface area (Å²) in [6, 6.07) is 0.245. The van der Waals surface area contributed by atoms with E-state index in [1.54, 1.807) is 0 Å². The highest BCUT2D eigenvalue weighted by atomic mass is 32.1. The molecule has 2 rings (SSSR count). The van der Waals surface area contributed by atoms with E-state index in [1.165, 1.54) is 24.2 Å². The quantitative estimate of drug-likeness (QED) is 0.780. The van der Waals surface area contributed by atoms with Crippen LogP contribution in [-0.4, -0.2) is 23.5 Å². The molecule has 1 heterocycles. The van der Waals surface area contributed by atoms with Gasteiger partial charge in [0, 0.05) is 12.6 Å². The molecule has 4 N–H and O–H groups in total. The van der Waals surface area contributed by atoms with Crippen molar-refractivity contribution in [2.45, 2.75) is 52.5 Å². The molecule has 0 aromatic carbocycles. The van der Waals surface area contributed by atoms with Crippen LogP contribution < -0.4 is 16.4 Å². The number of nitrogens with one attached hydrogen (secondary N) is 2. The predicted molar refractivity (Wildman–Crippen MR) is 88.7 cm³/mol. The molecule has 1 aromatic rings. The first-order chi connectivity index (χ1) is 10.0. The summed E-state index contributed by atoms with van der Waals surface area (Å²) in [5, 5.41) is 7.05. The summed E-state index contributed by atoms with van der Waals surface area (Å²) in [7, 11) is 0. The van der Waals surface area contributed by atoms with Gasteiger partial charge >= 0.3 is 0 Å². The Balaban J connectivity index is 2.01. The van der Waals surface area contributed by atoms with Crippen molar-refractivity contribution in [3.63, 3.8) is 0 Å². The minimum Gasteiger partial charge on any atom is -0.382 e. The Labute approximate surface area is 130 Å². The lowest BCUT2D eigenvalue weighted by Gasteiger charge is -2.34. The van der Waals surface area contributed by atoms with Crippen LogP contribution >= 0.6 is 11.3 Å². The molecule has 0 saturated heterocycles. The third-order valence-corrected chi connectivity index (χ3v) is 5.44. The Bertz CT molecular complexity index is 488. The maximum atomic E-state index is 12.4. The highest BCUT2D eigenvalue weighted by Crippen LogP contribution is 2.31. The molecule has 1 aromatic heterocycles. The summed E-state index contributed by atoms with van der Waals surface area (Å²) in [6.45, 7) is 7.41. The number of aromatic nitrogens is 1. The Kier molecular flexibility index (Phi) is 5.45. The molecule has 3 unspecified atom stereocenters. The number of thiazole rings is 1. The van der Waals surface area contributed by atoms with Gasteiger partial charge in [-0.3, -0.25) is 4.79 Å². The first-order valence-corrected chi connectivity index (χ1v) is 8.65. The summed E-state index contributed by atoms with van der Waals surface area (Å²) in [5.74, 6) is 1.41. The Morgan fingerprint density at radius 3 is 2.90 bits per heavy atom. The van der Waals surface area contributed by atoms with Crippen LogP contribution in [0.5, 0.6) is 0 Å². The minimum absolute atomic E-state index is 0.0829. The zero-order chi connectivity index (χ0) is 15.4. The molecular weight excluding hydrogens is 284 g/mol.